The highest BCUT2D eigenvalue weighted by Crippen LogP contribution is 2.25. The quantitative estimate of drug-likeness (QED) is 0.868. The molecule has 2 atom stereocenters. The number of likely N-dealkylation sites (tertiary alicyclic amines) is 1. The number of benzene rings is 1. The van der Waals surface area contributed by atoms with Crippen molar-refractivity contribution >= 4 is 0 Å². The lowest BCUT2D eigenvalue weighted by molar-refractivity contribution is 0.0457. The number of aliphatic hydroxyl groups excluding tert-OH is 1. The van der Waals surface area contributed by atoms with E-state index in [4.69, 9.17) is 4.74 Å². The number of hydrogen-bond acceptors (Lipinski definition) is 4. The summed E-state index contributed by atoms with van der Waals surface area (Å²) in [6.07, 6.45) is 1.05. The summed E-state index contributed by atoms with van der Waals surface area (Å²) in [6, 6.07) is 8.70. The molecule has 21 heavy (non-hydrogen) atoms. The third-order valence-electron chi connectivity index (χ3n) is 4.37. The number of nitrogens with zero attached hydrogens (tertiary/aromatic N) is 2. The summed E-state index contributed by atoms with van der Waals surface area (Å²) < 4.78 is 5.72. The second kappa shape index (κ2) is 7.78. The van der Waals surface area contributed by atoms with Crippen LogP contribution in [0.4, 0.5) is 0 Å². The van der Waals surface area contributed by atoms with Crippen molar-refractivity contribution in [1.29, 1.82) is 0 Å². The van der Waals surface area contributed by atoms with E-state index in [2.05, 4.69) is 36.0 Å². The summed E-state index contributed by atoms with van der Waals surface area (Å²) in [5.41, 5.74) is 1.25. The van der Waals surface area contributed by atoms with Gasteiger partial charge in [0, 0.05) is 31.3 Å². The Balaban J connectivity index is 2.03. The Labute approximate surface area is 128 Å². The van der Waals surface area contributed by atoms with E-state index < -0.39 is 0 Å². The maximum atomic E-state index is 9.54. The molecule has 4 heteroatoms. The van der Waals surface area contributed by atoms with E-state index in [-0.39, 0.29) is 6.61 Å². The van der Waals surface area contributed by atoms with Gasteiger partial charge < -0.3 is 14.7 Å². The second-order valence-corrected chi connectivity index (χ2v) is 6.04. The van der Waals surface area contributed by atoms with Crippen molar-refractivity contribution in [3.63, 3.8) is 0 Å². The van der Waals surface area contributed by atoms with E-state index >= 15 is 0 Å². The Bertz CT molecular complexity index is 437. The minimum absolute atomic E-state index is 0.284. The van der Waals surface area contributed by atoms with Crippen molar-refractivity contribution in [1.82, 2.24) is 9.80 Å². The molecule has 0 aromatic heterocycles. The minimum Gasteiger partial charge on any atom is -0.494 e. The topological polar surface area (TPSA) is 35.9 Å². The second-order valence-electron chi connectivity index (χ2n) is 6.04. The first-order chi connectivity index (χ1) is 10.2. The SMILES string of the molecule is CCOc1ccccc1CN1CC[C@H](CO)[C@H](N(C)C)C1. The molecule has 1 heterocycles. The Morgan fingerprint density at radius 1 is 1.33 bits per heavy atom. The third kappa shape index (κ3) is 4.19. The molecular formula is C17H28N2O2. The molecule has 0 amide bonds. The molecule has 1 aromatic carbocycles. The molecule has 0 radical (unpaired) electrons. The molecule has 118 valence electrons. The van der Waals surface area contributed by atoms with Crippen LogP contribution < -0.4 is 4.74 Å². The van der Waals surface area contributed by atoms with E-state index in [1.54, 1.807) is 0 Å². The number of piperidine rings is 1. The van der Waals surface area contributed by atoms with Gasteiger partial charge in [-0.1, -0.05) is 18.2 Å². The van der Waals surface area contributed by atoms with Crippen LogP contribution >= 0.6 is 0 Å². The Morgan fingerprint density at radius 3 is 2.76 bits per heavy atom. The summed E-state index contributed by atoms with van der Waals surface area (Å²) in [6.45, 7) is 5.95. The highest BCUT2D eigenvalue weighted by molar-refractivity contribution is 5.33. The number of hydrogen-bond donors (Lipinski definition) is 1. The largest absolute Gasteiger partial charge is 0.494 e. The van der Waals surface area contributed by atoms with Crippen LogP contribution in [0.1, 0.15) is 18.9 Å². The van der Waals surface area contributed by atoms with Crippen LogP contribution in [0.15, 0.2) is 24.3 Å². The van der Waals surface area contributed by atoms with Gasteiger partial charge in [-0.2, -0.15) is 0 Å². The molecule has 1 N–H and O–H groups in total. The summed E-state index contributed by atoms with van der Waals surface area (Å²) in [7, 11) is 4.20. The van der Waals surface area contributed by atoms with Gasteiger partial charge in [0.1, 0.15) is 5.75 Å². The first kappa shape index (κ1) is 16.3. The van der Waals surface area contributed by atoms with Crippen LogP contribution in [-0.2, 0) is 6.54 Å². The van der Waals surface area contributed by atoms with Gasteiger partial charge in [-0.3, -0.25) is 4.90 Å². The van der Waals surface area contributed by atoms with Crippen molar-refractivity contribution in [2.24, 2.45) is 5.92 Å². The Hall–Kier alpha value is -1.10. The van der Waals surface area contributed by atoms with Crippen LogP contribution in [0, 0.1) is 5.92 Å². The van der Waals surface area contributed by atoms with E-state index in [9.17, 15) is 5.11 Å². The van der Waals surface area contributed by atoms with Gasteiger partial charge in [-0.25, -0.2) is 0 Å². The molecule has 1 saturated heterocycles. The van der Waals surface area contributed by atoms with Gasteiger partial charge in [0.15, 0.2) is 0 Å². The minimum atomic E-state index is 0.284. The summed E-state index contributed by atoms with van der Waals surface area (Å²) in [5.74, 6) is 1.38. The zero-order chi connectivity index (χ0) is 15.2. The van der Waals surface area contributed by atoms with Gasteiger partial charge in [-0.05, 0) is 46.0 Å². The van der Waals surface area contributed by atoms with Crippen LogP contribution in [0.3, 0.4) is 0 Å². The maximum absolute atomic E-state index is 9.54. The average Bonchev–Trinajstić information content (AvgIpc) is 2.49. The number of ether oxygens (including phenoxy) is 1. The molecule has 1 aliphatic rings. The molecule has 0 unspecified atom stereocenters. The predicted molar refractivity (Wildman–Crippen MR) is 85.6 cm³/mol. The van der Waals surface area contributed by atoms with Gasteiger partial charge in [0.05, 0.1) is 6.61 Å². The number of para-hydroxylation sites is 1. The molecule has 0 bridgehead atoms. The van der Waals surface area contributed by atoms with Crippen molar-refractivity contribution in [2.45, 2.75) is 25.9 Å². The van der Waals surface area contributed by atoms with Crippen LogP contribution in [0.25, 0.3) is 0 Å². The third-order valence-corrected chi connectivity index (χ3v) is 4.37. The van der Waals surface area contributed by atoms with E-state index in [0.717, 1.165) is 31.8 Å². The Morgan fingerprint density at radius 2 is 2.10 bits per heavy atom. The first-order valence-corrected chi connectivity index (χ1v) is 7.86. The highest BCUT2D eigenvalue weighted by atomic mass is 16.5. The fourth-order valence-corrected chi connectivity index (χ4v) is 3.16. The molecule has 1 aliphatic heterocycles. The first-order valence-electron chi connectivity index (χ1n) is 7.86. The molecule has 2 rings (SSSR count). The lowest BCUT2D eigenvalue weighted by Crippen LogP contribution is -2.51. The van der Waals surface area contributed by atoms with Crippen molar-refractivity contribution < 1.29 is 9.84 Å². The van der Waals surface area contributed by atoms with Crippen LogP contribution in [0.2, 0.25) is 0 Å². The molecule has 0 saturated carbocycles. The molecule has 1 aromatic rings. The molecule has 0 aliphatic carbocycles. The van der Waals surface area contributed by atoms with Crippen molar-refractivity contribution in [3.8, 4) is 5.75 Å². The number of aliphatic hydroxyl groups is 1. The molecule has 4 nitrogen and oxygen atoms in total. The normalized spacial score (nSPS) is 23.5. The zero-order valence-corrected chi connectivity index (χ0v) is 13.5. The van der Waals surface area contributed by atoms with E-state index in [0.29, 0.717) is 18.6 Å². The fourth-order valence-electron chi connectivity index (χ4n) is 3.16. The smallest absolute Gasteiger partial charge is 0.123 e. The van der Waals surface area contributed by atoms with Crippen molar-refractivity contribution in [3.05, 3.63) is 29.8 Å². The highest BCUT2D eigenvalue weighted by Gasteiger charge is 2.30. The van der Waals surface area contributed by atoms with Crippen LogP contribution in [-0.4, -0.2) is 61.3 Å². The van der Waals surface area contributed by atoms with Crippen LogP contribution in [0.5, 0.6) is 5.75 Å². The lowest BCUT2D eigenvalue weighted by Gasteiger charge is -2.41. The van der Waals surface area contributed by atoms with Gasteiger partial charge in [-0.15, -0.1) is 0 Å². The van der Waals surface area contributed by atoms with E-state index in [1.807, 2.05) is 19.1 Å². The lowest BCUT2D eigenvalue weighted by atomic mass is 9.91. The van der Waals surface area contributed by atoms with Gasteiger partial charge in [0.2, 0.25) is 0 Å². The maximum Gasteiger partial charge on any atom is 0.123 e. The monoisotopic (exact) mass is 292 g/mol. The zero-order valence-electron chi connectivity index (χ0n) is 13.5. The molecule has 0 spiro atoms. The summed E-state index contributed by atoms with van der Waals surface area (Å²) >= 11 is 0. The fraction of sp³-hybridized carbons (Fsp3) is 0.647. The average molecular weight is 292 g/mol. The van der Waals surface area contributed by atoms with Gasteiger partial charge >= 0.3 is 0 Å². The van der Waals surface area contributed by atoms with Crippen molar-refractivity contribution in [2.75, 3.05) is 40.4 Å². The molecule has 1 fully saturated rings. The van der Waals surface area contributed by atoms with E-state index in [1.165, 1.54) is 5.56 Å². The Kier molecular flexibility index (Phi) is 6.03. The summed E-state index contributed by atoms with van der Waals surface area (Å²) in [5, 5.41) is 9.54. The van der Waals surface area contributed by atoms with Gasteiger partial charge in [0.25, 0.3) is 0 Å². The predicted octanol–water partition coefficient (Wildman–Crippen LogP) is 1.83. The number of likely N-dealkylation sites (N-methyl/N-ethyl adjacent to an activating group) is 1. The number of rotatable bonds is 6. The summed E-state index contributed by atoms with van der Waals surface area (Å²) in [4.78, 5) is 4.70. The molecular weight excluding hydrogens is 264 g/mol. The standard InChI is InChI=1S/C17H28N2O2/c1-4-21-17-8-6-5-7-14(17)11-19-10-9-15(13-20)16(12-19)18(2)3/h5-8,15-16,20H,4,9-13H2,1-3H3/t15-,16-/m1/s1.